The molecular weight excluding hydrogens is 220 g/mol. The third kappa shape index (κ3) is 2.62. The lowest BCUT2D eigenvalue weighted by Crippen LogP contribution is -2.27. The predicted octanol–water partition coefficient (Wildman–Crippen LogP) is -0.0306. The van der Waals surface area contributed by atoms with Crippen molar-refractivity contribution in [1.29, 1.82) is 0 Å². The van der Waals surface area contributed by atoms with Gasteiger partial charge in [0.25, 0.3) is 6.29 Å². The van der Waals surface area contributed by atoms with E-state index in [0.29, 0.717) is 25.1 Å². The molecule has 5 heteroatoms. The van der Waals surface area contributed by atoms with Crippen LogP contribution in [0.2, 0.25) is 0 Å². The van der Waals surface area contributed by atoms with Gasteiger partial charge in [-0.05, 0) is 18.9 Å². The molecule has 2 N–H and O–H groups in total. The Morgan fingerprint density at radius 1 is 1.47 bits per heavy atom. The van der Waals surface area contributed by atoms with Crippen LogP contribution in [-0.2, 0) is 4.79 Å². The number of carbonyl (C=O) groups excluding carboxylic acids is 1. The number of hydrogen-bond donors (Lipinski definition) is 2. The number of nitrogens with zero attached hydrogens (tertiary/aromatic N) is 2. The Kier molecular flexibility index (Phi) is 3.71. The fourth-order valence-electron chi connectivity index (χ4n) is 2.11. The molecule has 0 saturated heterocycles. The first kappa shape index (κ1) is 12.0. The summed E-state index contributed by atoms with van der Waals surface area (Å²) in [6.07, 6.45) is 8.30. The number of hydrogen-bond acceptors (Lipinski definition) is 5. The summed E-state index contributed by atoms with van der Waals surface area (Å²) in [6.45, 7) is 0.565. The Morgan fingerprint density at radius 2 is 2.29 bits per heavy atom. The van der Waals surface area contributed by atoms with E-state index in [1.807, 2.05) is 12.4 Å². The van der Waals surface area contributed by atoms with Gasteiger partial charge in [0.05, 0.1) is 24.2 Å². The molecule has 0 bridgehead atoms. The van der Waals surface area contributed by atoms with Gasteiger partial charge < -0.3 is 15.1 Å². The van der Waals surface area contributed by atoms with Crippen molar-refractivity contribution in [3.8, 4) is 0 Å². The summed E-state index contributed by atoms with van der Waals surface area (Å²) in [5.41, 5.74) is 0.358. The molecule has 0 aromatic heterocycles. The zero-order valence-corrected chi connectivity index (χ0v) is 9.36. The summed E-state index contributed by atoms with van der Waals surface area (Å²) in [5, 5.41) is 19.1. The maximum Gasteiger partial charge on any atom is 0.251 e. The van der Waals surface area contributed by atoms with Gasteiger partial charge in [-0.25, -0.2) is 4.99 Å². The Labute approximate surface area is 99.8 Å². The Bertz CT molecular complexity index is 376. The van der Waals surface area contributed by atoms with Gasteiger partial charge in [0.2, 0.25) is 0 Å². The minimum Gasteiger partial charge on any atom is -0.390 e. The molecule has 0 aromatic rings. The highest BCUT2D eigenvalue weighted by molar-refractivity contribution is 5.79. The zero-order chi connectivity index (χ0) is 12.3. The molecule has 1 saturated carbocycles. The fraction of sp³-hybridized carbons (Fsp3) is 0.500. The highest BCUT2D eigenvalue weighted by Gasteiger charge is 2.32. The molecule has 2 rings (SSSR count). The van der Waals surface area contributed by atoms with E-state index in [4.69, 9.17) is 0 Å². The van der Waals surface area contributed by atoms with Gasteiger partial charge in [-0.15, -0.1) is 0 Å². The summed E-state index contributed by atoms with van der Waals surface area (Å²) < 4.78 is 0. The molecule has 3 atom stereocenters. The minimum absolute atomic E-state index is 0.194. The lowest BCUT2D eigenvalue weighted by Gasteiger charge is -2.20. The van der Waals surface area contributed by atoms with Crippen molar-refractivity contribution in [2.75, 3.05) is 6.54 Å². The molecule has 3 unspecified atom stereocenters. The third-order valence-corrected chi connectivity index (χ3v) is 3.11. The molecule has 1 aliphatic carbocycles. The summed E-state index contributed by atoms with van der Waals surface area (Å²) in [5.74, 6) is -0.194. The second-order valence-electron chi connectivity index (χ2n) is 4.25. The maximum absolute atomic E-state index is 10.9. The SMILES string of the molecule is O=[C]C(=CC1CCC(O)C1O)N1C=NC=CC1. The monoisotopic (exact) mass is 235 g/mol. The average molecular weight is 235 g/mol. The first-order valence-corrected chi connectivity index (χ1v) is 5.63. The van der Waals surface area contributed by atoms with Crippen LogP contribution >= 0.6 is 0 Å². The van der Waals surface area contributed by atoms with Crippen LogP contribution in [0.4, 0.5) is 0 Å². The number of aliphatic imine (C=N–C) groups is 1. The van der Waals surface area contributed by atoms with Crippen LogP contribution < -0.4 is 0 Å². The highest BCUT2D eigenvalue weighted by Crippen LogP contribution is 2.28. The largest absolute Gasteiger partial charge is 0.390 e. The summed E-state index contributed by atoms with van der Waals surface area (Å²) in [7, 11) is 0. The Balaban J connectivity index is 2.10. The van der Waals surface area contributed by atoms with Gasteiger partial charge in [0.15, 0.2) is 0 Å². The molecule has 1 aliphatic heterocycles. The van der Waals surface area contributed by atoms with Gasteiger partial charge in [-0.3, -0.25) is 4.79 Å². The van der Waals surface area contributed by atoms with Gasteiger partial charge >= 0.3 is 0 Å². The van der Waals surface area contributed by atoms with E-state index in [9.17, 15) is 15.0 Å². The number of aliphatic hydroxyl groups excluding tert-OH is 2. The molecular formula is C12H15N2O3. The molecule has 1 radical (unpaired) electrons. The van der Waals surface area contributed by atoms with Crippen LogP contribution in [0.15, 0.2) is 29.0 Å². The lowest BCUT2D eigenvalue weighted by molar-refractivity contribution is 0.0296. The summed E-state index contributed by atoms with van der Waals surface area (Å²) in [6, 6.07) is 0. The summed E-state index contributed by atoms with van der Waals surface area (Å²) in [4.78, 5) is 16.5. The second-order valence-corrected chi connectivity index (χ2v) is 4.25. The van der Waals surface area contributed by atoms with Crippen molar-refractivity contribution in [2.45, 2.75) is 25.0 Å². The van der Waals surface area contributed by atoms with Crippen molar-refractivity contribution >= 4 is 12.6 Å². The van der Waals surface area contributed by atoms with Crippen molar-refractivity contribution in [3.05, 3.63) is 24.0 Å². The molecule has 0 aromatic carbocycles. The van der Waals surface area contributed by atoms with E-state index in [2.05, 4.69) is 4.99 Å². The fourth-order valence-corrected chi connectivity index (χ4v) is 2.11. The maximum atomic E-state index is 10.9. The molecule has 5 nitrogen and oxygen atoms in total. The molecule has 17 heavy (non-hydrogen) atoms. The van der Waals surface area contributed by atoms with E-state index in [0.717, 1.165) is 0 Å². The van der Waals surface area contributed by atoms with Crippen molar-refractivity contribution in [2.24, 2.45) is 10.9 Å². The number of rotatable bonds is 3. The lowest BCUT2D eigenvalue weighted by atomic mass is 10.0. The van der Waals surface area contributed by atoms with Gasteiger partial charge in [-0.1, -0.05) is 6.08 Å². The smallest absolute Gasteiger partial charge is 0.251 e. The number of aliphatic hydroxyl groups is 2. The molecule has 1 fully saturated rings. The van der Waals surface area contributed by atoms with Crippen LogP contribution in [0, 0.1) is 5.92 Å². The third-order valence-electron chi connectivity index (χ3n) is 3.11. The van der Waals surface area contributed by atoms with Crippen LogP contribution in [0.25, 0.3) is 0 Å². The van der Waals surface area contributed by atoms with Crippen LogP contribution in [0.5, 0.6) is 0 Å². The van der Waals surface area contributed by atoms with E-state index < -0.39 is 12.2 Å². The van der Waals surface area contributed by atoms with Crippen LogP contribution in [0.3, 0.4) is 0 Å². The zero-order valence-electron chi connectivity index (χ0n) is 9.36. The van der Waals surface area contributed by atoms with Crippen LogP contribution in [-0.4, -0.2) is 46.5 Å². The van der Waals surface area contributed by atoms with Crippen molar-refractivity contribution in [3.63, 3.8) is 0 Å². The van der Waals surface area contributed by atoms with E-state index in [1.165, 1.54) is 0 Å². The van der Waals surface area contributed by atoms with E-state index >= 15 is 0 Å². The van der Waals surface area contributed by atoms with Crippen LogP contribution in [0.1, 0.15) is 12.8 Å². The first-order valence-electron chi connectivity index (χ1n) is 5.63. The quantitative estimate of drug-likeness (QED) is 0.674. The average Bonchev–Trinajstić information content (AvgIpc) is 2.68. The van der Waals surface area contributed by atoms with Crippen molar-refractivity contribution in [1.82, 2.24) is 4.90 Å². The normalized spacial score (nSPS) is 33.2. The minimum atomic E-state index is -0.796. The topological polar surface area (TPSA) is 73.1 Å². The second kappa shape index (κ2) is 5.25. The van der Waals surface area contributed by atoms with Gasteiger partial charge in [0, 0.05) is 18.7 Å². The Morgan fingerprint density at radius 3 is 2.82 bits per heavy atom. The molecule has 1 heterocycles. The molecule has 0 spiro atoms. The van der Waals surface area contributed by atoms with E-state index in [1.54, 1.807) is 23.5 Å². The standard InChI is InChI=1S/C12H15N2O3/c15-7-10(14-5-1-4-13-8-14)6-9-2-3-11(16)12(9)17/h1,4,6,8-9,11-12,16-17H,2-3,5H2. The van der Waals surface area contributed by atoms with Crippen molar-refractivity contribution < 1.29 is 15.0 Å². The van der Waals surface area contributed by atoms with E-state index in [-0.39, 0.29) is 5.92 Å². The molecule has 2 aliphatic rings. The highest BCUT2D eigenvalue weighted by atomic mass is 16.3. The number of allylic oxidation sites excluding steroid dienone is 1. The van der Waals surface area contributed by atoms with Gasteiger partial charge in [0.1, 0.15) is 0 Å². The Hall–Kier alpha value is -1.46. The predicted molar refractivity (Wildman–Crippen MR) is 62.9 cm³/mol. The first-order chi connectivity index (χ1) is 8.22. The molecule has 91 valence electrons. The molecule has 0 amide bonds. The van der Waals surface area contributed by atoms with Gasteiger partial charge in [-0.2, -0.15) is 0 Å². The summed E-state index contributed by atoms with van der Waals surface area (Å²) >= 11 is 0.